The van der Waals surface area contributed by atoms with E-state index in [0.717, 1.165) is 1130 Å². The van der Waals surface area contributed by atoms with Gasteiger partial charge in [0.25, 0.3) is 0 Å². The molecular weight excluding hydrogens is 4720 g/mol. The van der Waals surface area contributed by atoms with Crippen molar-refractivity contribution in [3.63, 3.8) is 0 Å². The summed E-state index contributed by atoms with van der Waals surface area (Å²) < 4.78 is 54.9. The maximum atomic E-state index is 10.5. The van der Waals surface area contributed by atoms with E-state index in [2.05, 4.69) is 66.1 Å². The van der Waals surface area contributed by atoms with Crippen LogP contribution in [-0.4, -0.2) is 1150 Å². The summed E-state index contributed by atoms with van der Waals surface area (Å²) in [7, 11) is 0.261. The molecule has 0 saturated carbocycles. The second kappa shape index (κ2) is 237. The first kappa shape index (κ1) is 265. The molecule has 67 heteroatoms. The number of hydrogen-bond donors (Lipinski definition) is 3. The number of fused-ring (bicyclic) bond motifs is 2. The third kappa shape index (κ3) is 187. The Kier molecular flexibility index (Phi) is 509. The van der Waals surface area contributed by atoms with Gasteiger partial charge in [0, 0.05) is 62.2 Å². The SMILES string of the molecule is CN=Nc1ccc(N=Nc2ccc(N=Nc3ccc4cc(C)ccc4c3O)c(O)c2)cc1.CN=Nc1ccc(N=Nc2ccc(N=Nc3ccc4cc(C)ccc4c3O)cc2)cc1.COC.O=S(=O)=O.O=S(=O)=O.[CH3-].[CH3-].[CH3-].[CH3-].[CH3-].[CH3-].[Cu].[H-].[H-].[H-].[H-].[Rb+].[Rb+].[Rb+].[Rb+].[Rb+].[Rb+].[Rb+].[Rb+].[Rb+].[Rb+].[Rb][Rb].[Rb][Rb].[Rb][Rb].[Rb][Rb].[Rb][Rb].[Rb][Rb].[Rb][Rb].[Rb][Rb].[Rb][Rb].[Rb][Rb].[Rb][Rb].[Rb][Rb].[Rb][Rb].[Rb][Rb].[Rb][Rb].[Rb][Rb]. The van der Waals surface area contributed by atoms with Gasteiger partial charge in [-0.1, -0.05) is 59.7 Å². The molecule has 3 N–H and O–H groups in total. The summed E-state index contributed by atoms with van der Waals surface area (Å²) in [6.45, 7) is 4.01. The third-order valence-corrected chi connectivity index (χ3v) is 9.29. The van der Waals surface area contributed by atoms with Crippen LogP contribution in [0.2, 0.25) is 0 Å². The Hall–Kier alpha value is 66.8. The van der Waals surface area contributed by atoms with Gasteiger partial charge in [-0.2, -0.15) is 46.0 Å². The molecule has 1 radical (unpaired) electrons. The standard InChI is InChI=1S/C24H20N6O2.C24H20N6O.C2H6O.6CH3.Cu.2O3S.42Rb.4H/c1-15-3-10-20-16(13-15)4-11-22(24(20)32)30-29-21-12-9-19(14-23(21)31)28-27-18-7-5-17(6-8-18)26-25-2;1-16-3-13-22-17(15-16)4-14-23(24(22)31)30-29-21-11-9-20(10-12-21)28-27-19-7-5-18(6-8-19)26-25-2;1-3-2;;;;;;;;2*1-4(2)3;;;;;;;;;;;;;;;;;;;;;;;;;;;;;;;;;;;;;;;;;;;;;;/h3-14,31-32H,1-2H3;3-15,31H,1-2H3;1-2H3;6*1H3;;;;;;;;;;;;;;;;;;;;;;;;;;;;;;;;;;;;;;;;;;;;;;;;;/q;;;6*-1;;;;;;;;;;;;;;;;;;;;;;;;;;;;;;;;;;;;10*+1;4*-1. The molecule has 0 amide bonds. The molecule has 123 heavy (non-hydrogen) atoms. The molecule has 0 heterocycles. The molecule has 8 rings (SSSR count). The number of rotatable bonds is 10. The van der Waals surface area contributed by atoms with Crippen LogP contribution >= 0.6 is 0 Å². The molecule has 0 fully saturated rings. The van der Waals surface area contributed by atoms with Crippen LogP contribution in [0, 0.1) is 58.4 Å². The first-order chi connectivity index (χ1) is 51.5. The molecule has 0 spiro atoms. The first-order valence-corrected chi connectivity index (χ1v) is 583. The summed E-state index contributed by atoms with van der Waals surface area (Å²) in [6, 6.07) is 45.2. The van der Waals surface area contributed by atoms with E-state index in [4.69, 9.17) is 25.3 Å². The minimum atomic E-state index is -3.11. The molecule has 0 saturated heterocycles. The van der Waals surface area contributed by atoms with E-state index in [9.17, 15) is 15.3 Å². The fourth-order valence-corrected chi connectivity index (χ4v) is 6.10. The van der Waals surface area contributed by atoms with E-state index in [-0.39, 0.29) is 672 Å². The monoisotopic (exact) mass is 4760 g/mol. The van der Waals surface area contributed by atoms with Crippen molar-refractivity contribution >= 4 is 1180 Å². The molecule has 8 aromatic carbocycles. The van der Waals surface area contributed by atoms with E-state index < -0.39 is 21.2 Å². The van der Waals surface area contributed by atoms with Gasteiger partial charge in [-0.3, -0.25) is 0 Å². The van der Waals surface area contributed by atoms with Crippen molar-refractivity contribution in [1.29, 1.82) is 0 Å². The van der Waals surface area contributed by atoms with Gasteiger partial charge < -0.3 is 70.3 Å². The normalized spacial score (nSPS) is 7.69. The van der Waals surface area contributed by atoms with Crippen molar-refractivity contribution in [3.8, 4) is 17.2 Å². The number of benzene rings is 8. The van der Waals surface area contributed by atoms with Gasteiger partial charge in [0.15, 0.2) is 11.5 Å². The number of phenols is 3. The van der Waals surface area contributed by atoms with Gasteiger partial charge in [-0.25, -0.2) is 0 Å². The molecule has 22 nitrogen and oxygen atoms in total. The van der Waals surface area contributed by atoms with Crippen LogP contribution in [0.3, 0.4) is 0 Å². The van der Waals surface area contributed by atoms with Crippen LogP contribution in [0.4, 0.5) is 56.9 Å². The number of methoxy groups -OCH3 is 1. The van der Waals surface area contributed by atoms with Gasteiger partial charge in [0.05, 0.1) is 39.8 Å². The molecular formula is C56H68CuN12O10Rb42S2. The topological polar surface area (TPSA) is 321 Å². The Morgan fingerprint density at radius 2 is 0.423 bits per heavy atom. The van der Waals surface area contributed by atoms with Crippen LogP contribution < -0.4 is 582 Å². The van der Waals surface area contributed by atoms with Crippen LogP contribution in [-0.2, 0) is 43.0 Å². The fourth-order valence-electron chi connectivity index (χ4n) is 6.10. The quantitative estimate of drug-likeness (QED) is 0.0660. The predicted octanol–water partition coefficient (Wildman–Crippen LogP) is -24.2. The van der Waals surface area contributed by atoms with Crippen LogP contribution in [0.1, 0.15) is 16.8 Å². The van der Waals surface area contributed by atoms with Gasteiger partial charge in [0.2, 0.25) is 0 Å². The summed E-state index contributed by atoms with van der Waals surface area (Å²) >= 11 is 37.1. The van der Waals surface area contributed by atoms with Crippen molar-refractivity contribution in [2.24, 2.45) is 61.4 Å². The van der Waals surface area contributed by atoms with E-state index in [1.807, 2.05) is 86.6 Å². The predicted molar refractivity (Wildman–Crippen MR) is 505 cm³/mol. The first-order valence-electron chi connectivity index (χ1n) is 37.3. The van der Waals surface area contributed by atoms with Gasteiger partial charge in [0.1, 0.15) is 22.8 Å². The summed E-state index contributed by atoms with van der Waals surface area (Å²) in [5.41, 5.74) is 7.90. The Morgan fingerprint density at radius 3 is 0.626 bits per heavy atom. The van der Waals surface area contributed by atoms with Gasteiger partial charge in [-0.15, -0.1) is 40.6 Å². The van der Waals surface area contributed by atoms with Crippen LogP contribution in [0.25, 0.3) is 21.5 Å². The van der Waals surface area contributed by atoms with Crippen LogP contribution in [0.5, 0.6) is 17.2 Å². The zero-order valence-electron chi connectivity index (χ0n) is 92.6. The van der Waals surface area contributed by atoms with Crippen molar-refractivity contribution in [2.45, 2.75) is 13.8 Å². The fraction of sp³-hybridized carbons (Fsp3) is 0.107. The average Bonchev–Trinajstić information content (AvgIpc) is 0.812. The Labute approximate surface area is 2040 Å². The molecule has 0 atom stereocenters. The molecule has 0 aromatic heterocycles. The number of aryl methyl sites for hydroxylation is 2. The molecule has 8 aromatic rings. The summed E-state index contributed by atoms with van der Waals surface area (Å²) in [5, 5.41) is 83.3. The number of hydrogen-bond acceptors (Lipinski definition) is 22. The minimum absolute atomic E-state index is 0. The Morgan fingerprint density at radius 1 is 0.260 bits per heavy atom. The van der Waals surface area contributed by atoms with Crippen molar-refractivity contribution < 1.29 is 650 Å². The Balaban J connectivity index is -0.0000000266. The molecule has 477 valence electrons. The molecule has 0 aliphatic carbocycles. The number of ether oxygens (including phenoxy) is 1. The van der Waals surface area contributed by atoms with E-state index >= 15 is 0 Å². The van der Waals surface area contributed by atoms with Gasteiger partial charge >= 0.3 is 1690 Å². The summed E-state index contributed by atoms with van der Waals surface area (Å²) in [6.07, 6.45) is 0. The van der Waals surface area contributed by atoms with Gasteiger partial charge in [-0.05, 0) is 122 Å². The number of aromatic hydroxyl groups is 3. The number of nitrogens with zero attached hydrogens (tertiary/aromatic N) is 12. The zero-order valence-corrected chi connectivity index (χ0v) is 298. The third-order valence-electron chi connectivity index (χ3n) is 9.29. The second-order valence-corrected chi connectivity index (χ2v) is 15.6. The molecule has 0 bridgehead atoms. The van der Waals surface area contributed by atoms with E-state index in [1.165, 1.54) is 6.07 Å². The summed E-state index contributed by atoms with van der Waals surface area (Å²) in [4.78, 5) is 0. The summed E-state index contributed by atoms with van der Waals surface area (Å²) in [5.74, 6) is 0.0699. The molecule has 0 aliphatic heterocycles. The maximum absolute atomic E-state index is 10.5. The van der Waals surface area contributed by atoms with Crippen molar-refractivity contribution in [2.75, 3.05) is 28.3 Å². The zero-order chi connectivity index (χ0) is 86.0. The van der Waals surface area contributed by atoms with Crippen LogP contribution in [0.15, 0.2) is 213 Å². The average molecular weight is 4790 g/mol. The van der Waals surface area contributed by atoms with Crippen molar-refractivity contribution in [3.05, 3.63) is 207 Å². The molecule has 0 aliphatic rings. The Bertz CT molecular complexity index is 3710. The van der Waals surface area contributed by atoms with E-state index in [1.54, 1.807) is 101 Å². The molecule has 0 unspecified atom stereocenters. The number of azo groups is 6. The second-order valence-electron chi connectivity index (χ2n) is 14.8. The number of phenolic OH excluding ortho intramolecular Hbond substituents is 3. The van der Waals surface area contributed by atoms with E-state index in [0.29, 0.717) is 39.5 Å². The van der Waals surface area contributed by atoms with Crippen molar-refractivity contribution in [1.82, 2.24) is 0 Å².